The highest BCUT2D eigenvalue weighted by molar-refractivity contribution is 6.05. The predicted molar refractivity (Wildman–Crippen MR) is 115 cm³/mol. The number of aromatic nitrogens is 3. The van der Waals surface area contributed by atoms with E-state index in [1.54, 1.807) is 12.4 Å². The Morgan fingerprint density at radius 2 is 1.66 bits per heavy atom. The van der Waals surface area contributed by atoms with Crippen molar-refractivity contribution in [3.8, 4) is 0 Å². The van der Waals surface area contributed by atoms with Gasteiger partial charge in [0.1, 0.15) is 5.82 Å². The number of nitrogens with zero attached hydrogens (tertiary/aromatic N) is 5. The minimum atomic E-state index is -0.150. The lowest BCUT2D eigenvalue weighted by Crippen LogP contribution is -2.47. The third kappa shape index (κ3) is 4.34. The monoisotopic (exact) mass is 388 g/mol. The summed E-state index contributed by atoms with van der Waals surface area (Å²) in [5, 5.41) is 2.88. The lowest BCUT2D eigenvalue weighted by atomic mass is 10.1. The molecule has 3 aromatic rings. The highest BCUT2D eigenvalue weighted by Crippen LogP contribution is 2.17. The average Bonchev–Trinajstić information content (AvgIpc) is 2.75. The van der Waals surface area contributed by atoms with Gasteiger partial charge in [0.2, 0.25) is 5.95 Å². The molecule has 0 unspecified atom stereocenters. The number of carbonyl (C=O) groups is 1. The van der Waals surface area contributed by atoms with E-state index in [1.165, 1.54) is 0 Å². The molecular formula is C22H24N6O. The minimum absolute atomic E-state index is 0.150. The van der Waals surface area contributed by atoms with Crippen molar-refractivity contribution in [3.05, 3.63) is 71.7 Å². The van der Waals surface area contributed by atoms with Gasteiger partial charge in [0.15, 0.2) is 0 Å². The van der Waals surface area contributed by atoms with Crippen molar-refractivity contribution in [2.75, 3.05) is 41.3 Å². The summed E-state index contributed by atoms with van der Waals surface area (Å²) in [4.78, 5) is 30.2. The molecule has 0 aliphatic carbocycles. The number of nitrogens with one attached hydrogen (secondary N) is 1. The van der Waals surface area contributed by atoms with Crippen LogP contribution in [0.1, 0.15) is 21.5 Å². The summed E-state index contributed by atoms with van der Waals surface area (Å²) in [7, 11) is 0. The normalized spacial score (nSPS) is 14.0. The van der Waals surface area contributed by atoms with Gasteiger partial charge in [-0.15, -0.1) is 0 Å². The zero-order valence-electron chi connectivity index (χ0n) is 16.7. The van der Waals surface area contributed by atoms with Crippen LogP contribution in [-0.2, 0) is 0 Å². The fourth-order valence-electron chi connectivity index (χ4n) is 3.49. The second-order valence-electron chi connectivity index (χ2n) is 7.21. The van der Waals surface area contributed by atoms with Crippen molar-refractivity contribution in [3.63, 3.8) is 0 Å². The summed E-state index contributed by atoms with van der Waals surface area (Å²) in [5.74, 6) is 1.52. The number of piperazine rings is 1. The molecule has 0 radical (unpaired) electrons. The number of amides is 1. The van der Waals surface area contributed by atoms with Crippen LogP contribution in [0, 0.1) is 13.8 Å². The van der Waals surface area contributed by atoms with Gasteiger partial charge in [-0.05, 0) is 37.6 Å². The summed E-state index contributed by atoms with van der Waals surface area (Å²) < 4.78 is 0. The molecular weight excluding hydrogens is 364 g/mol. The molecule has 0 saturated carbocycles. The molecule has 2 aromatic heterocycles. The van der Waals surface area contributed by atoms with Crippen molar-refractivity contribution in [2.45, 2.75) is 13.8 Å². The van der Waals surface area contributed by atoms with Gasteiger partial charge in [-0.25, -0.2) is 15.0 Å². The Bertz CT molecular complexity index is 982. The second kappa shape index (κ2) is 8.26. The molecule has 7 heteroatoms. The molecule has 0 atom stereocenters. The quantitative estimate of drug-likeness (QED) is 0.740. The molecule has 1 saturated heterocycles. The number of rotatable bonds is 4. The Labute approximate surface area is 170 Å². The van der Waals surface area contributed by atoms with Gasteiger partial charge in [-0.1, -0.05) is 23.8 Å². The fraction of sp³-hybridized carbons (Fsp3) is 0.273. The molecule has 1 N–H and O–H groups in total. The Morgan fingerprint density at radius 3 is 2.31 bits per heavy atom. The van der Waals surface area contributed by atoms with E-state index in [0.717, 1.165) is 43.1 Å². The van der Waals surface area contributed by atoms with Crippen LogP contribution in [0.15, 0.2) is 55.0 Å². The smallest absolute Gasteiger partial charge is 0.256 e. The third-order valence-corrected chi connectivity index (χ3v) is 5.06. The summed E-state index contributed by atoms with van der Waals surface area (Å²) in [6.45, 7) is 7.33. The molecule has 0 spiro atoms. The van der Waals surface area contributed by atoms with E-state index >= 15 is 0 Å². The van der Waals surface area contributed by atoms with E-state index in [-0.39, 0.29) is 5.91 Å². The Balaban J connectivity index is 1.36. The van der Waals surface area contributed by atoms with Gasteiger partial charge in [-0.3, -0.25) is 4.79 Å². The molecule has 1 amide bonds. The molecule has 3 heterocycles. The van der Waals surface area contributed by atoms with E-state index in [0.29, 0.717) is 17.2 Å². The molecule has 7 nitrogen and oxygen atoms in total. The minimum Gasteiger partial charge on any atom is -0.353 e. The highest BCUT2D eigenvalue weighted by Gasteiger charge is 2.20. The topological polar surface area (TPSA) is 74.2 Å². The number of benzene rings is 1. The molecule has 1 fully saturated rings. The van der Waals surface area contributed by atoms with Gasteiger partial charge in [0.25, 0.3) is 5.91 Å². The zero-order chi connectivity index (χ0) is 20.2. The van der Waals surface area contributed by atoms with Gasteiger partial charge in [0, 0.05) is 37.9 Å². The Morgan fingerprint density at radius 1 is 0.931 bits per heavy atom. The standard InChI is InChI=1S/C22H24N6O/c1-16-6-7-19(17(2)13-16)21(29)26-18-14-24-22(25-15-18)28-11-9-27(10-12-28)20-5-3-4-8-23-20/h3-8,13-15H,9-12H2,1-2H3,(H,26,29). The number of hydrogen-bond acceptors (Lipinski definition) is 6. The first-order valence-electron chi connectivity index (χ1n) is 9.72. The highest BCUT2D eigenvalue weighted by atomic mass is 16.1. The second-order valence-corrected chi connectivity index (χ2v) is 7.21. The van der Waals surface area contributed by atoms with Crippen molar-refractivity contribution in [1.82, 2.24) is 15.0 Å². The zero-order valence-corrected chi connectivity index (χ0v) is 16.7. The van der Waals surface area contributed by atoms with Crippen molar-refractivity contribution >= 4 is 23.4 Å². The fourth-order valence-corrected chi connectivity index (χ4v) is 3.49. The maximum Gasteiger partial charge on any atom is 0.256 e. The summed E-state index contributed by atoms with van der Waals surface area (Å²) >= 11 is 0. The van der Waals surface area contributed by atoms with Crippen LogP contribution in [0.3, 0.4) is 0 Å². The van der Waals surface area contributed by atoms with E-state index in [1.807, 2.05) is 56.4 Å². The summed E-state index contributed by atoms with van der Waals surface area (Å²) in [6, 6.07) is 11.7. The van der Waals surface area contributed by atoms with Crippen LogP contribution in [0.25, 0.3) is 0 Å². The molecule has 4 rings (SSSR count). The molecule has 148 valence electrons. The van der Waals surface area contributed by atoms with Crippen LogP contribution in [0.4, 0.5) is 17.5 Å². The van der Waals surface area contributed by atoms with Crippen LogP contribution >= 0.6 is 0 Å². The maximum atomic E-state index is 12.5. The molecule has 1 aliphatic heterocycles. The van der Waals surface area contributed by atoms with Crippen LogP contribution in [0.5, 0.6) is 0 Å². The Kier molecular flexibility index (Phi) is 5.37. The predicted octanol–water partition coefficient (Wildman–Crippen LogP) is 3.07. The van der Waals surface area contributed by atoms with E-state index in [2.05, 4.69) is 30.1 Å². The van der Waals surface area contributed by atoms with Crippen molar-refractivity contribution in [2.24, 2.45) is 0 Å². The van der Waals surface area contributed by atoms with Gasteiger partial charge >= 0.3 is 0 Å². The van der Waals surface area contributed by atoms with Gasteiger partial charge in [-0.2, -0.15) is 0 Å². The first-order valence-corrected chi connectivity index (χ1v) is 9.72. The lowest BCUT2D eigenvalue weighted by molar-refractivity contribution is 0.102. The number of carbonyl (C=O) groups excluding carboxylic acids is 1. The number of anilines is 3. The Hall–Kier alpha value is -3.48. The van der Waals surface area contributed by atoms with Gasteiger partial charge in [0.05, 0.1) is 18.1 Å². The van der Waals surface area contributed by atoms with Crippen LogP contribution in [0.2, 0.25) is 0 Å². The van der Waals surface area contributed by atoms with Crippen molar-refractivity contribution in [1.29, 1.82) is 0 Å². The molecule has 0 bridgehead atoms. The molecule has 1 aliphatic rings. The largest absolute Gasteiger partial charge is 0.353 e. The first-order chi connectivity index (χ1) is 14.1. The molecule has 1 aromatic carbocycles. The van der Waals surface area contributed by atoms with Gasteiger partial charge < -0.3 is 15.1 Å². The van der Waals surface area contributed by atoms with Crippen LogP contribution < -0.4 is 15.1 Å². The van der Waals surface area contributed by atoms with E-state index < -0.39 is 0 Å². The lowest BCUT2D eigenvalue weighted by Gasteiger charge is -2.35. The van der Waals surface area contributed by atoms with E-state index in [4.69, 9.17) is 0 Å². The average molecular weight is 388 g/mol. The summed E-state index contributed by atoms with van der Waals surface area (Å²) in [6.07, 6.45) is 5.14. The number of hydrogen-bond donors (Lipinski definition) is 1. The number of aryl methyl sites for hydroxylation is 2. The van der Waals surface area contributed by atoms with Crippen molar-refractivity contribution < 1.29 is 4.79 Å². The molecule has 29 heavy (non-hydrogen) atoms. The van der Waals surface area contributed by atoms with Crippen LogP contribution in [-0.4, -0.2) is 47.0 Å². The van der Waals surface area contributed by atoms with E-state index in [9.17, 15) is 4.79 Å². The first kappa shape index (κ1) is 18.9. The SMILES string of the molecule is Cc1ccc(C(=O)Nc2cnc(N3CCN(c4ccccn4)CC3)nc2)c(C)c1. The summed E-state index contributed by atoms with van der Waals surface area (Å²) in [5.41, 5.74) is 3.33. The third-order valence-electron chi connectivity index (χ3n) is 5.06. The number of pyridine rings is 1. The maximum absolute atomic E-state index is 12.5.